The summed E-state index contributed by atoms with van der Waals surface area (Å²) >= 11 is 0. The minimum atomic E-state index is -0.521. The Labute approximate surface area is 138 Å². The zero-order chi connectivity index (χ0) is 16.5. The zero-order valence-electron chi connectivity index (χ0n) is 14.4. The summed E-state index contributed by atoms with van der Waals surface area (Å²) in [7, 11) is 1.65. The standard InChI is InChI=1S/C19H27NO3/c1-18(2,15-5-7-16(22-3)8-6-15)17(21)20-11-10-19(13-20)9-4-12-23-14-19/h5-8H,4,9-14H2,1-3H3. The van der Waals surface area contributed by atoms with E-state index in [4.69, 9.17) is 9.47 Å². The molecular formula is C19H27NO3. The Balaban J connectivity index is 1.73. The molecule has 0 bridgehead atoms. The first-order valence-electron chi connectivity index (χ1n) is 8.49. The van der Waals surface area contributed by atoms with Crippen LogP contribution in [0.1, 0.15) is 38.7 Å². The summed E-state index contributed by atoms with van der Waals surface area (Å²) in [5.74, 6) is 1.03. The van der Waals surface area contributed by atoms with Crippen LogP contribution in [0.3, 0.4) is 0 Å². The molecular weight excluding hydrogens is 290 g/mol. The van der Waals surface area contributed by atoms with E-state index in [-0.39, 0.29) is 11.3 Å². The van der Waals surface area contributed by atoms with E-state index in [2.05, 4.69) is 0 Å². The van der Waals surface area contributed by atoms with Gasteiger partial charge in [-0.1, -0.05) is 12.1 Å². The van der Waals surface area contributed by atoms with E-state index < -0.39 is 5.41 Å². The molecule has 23 heavy (non-hydrogen) atoms. The number of amides is 1. The highest BCUT2D eigenvalue weighted by Crippen LogP contribution is 2.40. The molecule has 1 spiro atoms. The molecule has 0 aliphatic carbocycles. The Kier molecular flexibility index (Phi) is 4.37. The maximum atomic E-state index is 13.1. The first-order chi connectivity index (χ1) is 11.0. The van der Waals surface area contributed by atoms with Crippen molar-refractivity contribution in [3.05, 3.63) is 29.8 Å². The number of rotatable bonds is 3. The van der Waals surface area contributed by atoms with E-state index >= 15 is 0 Å². The van der Waals surface area contributed by atoms with E-state index in [1.165, 1.54) is 6.42 Å². The number of hydrogen-bond donors (Lipinski definition) is 0. The second-order valence-electron chi connectivity index (χ2n) is 7.49. The Morgan fingerprint density at radius 1 is 1.26 bits per heavy atom. The summed E-state index contributed by atoms with van der Waals surface area (Å²) in [5.41, 5.74) is 0.709. The quantitative estimate of drug-likeness (QED) is 0.860. The van der Waals surface area contributed by atoms with Crippen molar-refractivity contribution in [3.8, 4) is 5.75 Å². The molecule has 4 nitrogen and oxygen atoms in total. The molecule has 2 aliphatic heterocycles. The molecule has 126 valence electrons. The number of likely N-dealkylation sites (tertiary alicyclic amines) is 1. The van der Waals surface area contributed by atoms with Gasteiger partial charge in [0.15, 0.2) is 0 Å². The van der Waals surface area contributed by atoms with Crippen LogP contribution in [0.25, 0.3) is 0 Å². The highest BCUT2D eigenvalue weighted by Gasteiger charge is 2.44. The fourth-order valence-corrected chi connectivity index (χ4v) is 3.87. The molecule has 1 atom stereocenters. The molecule has 0 aromatic heterocycles. The smallest absolute Gasteiger partial charge is 0.232 e. The monoisotopic (exact) mass is 317 g/mol. The second kappa shape index (κ2) is 6.16. The van der Waals surface area contributed by atoms with Gasteiger partial charge in [0.1, 0.15) is 5.75 Å². The van der Waals surface area contributed by atoms with Crippen molar-refractivity contribution in [2.45, 2.75) is 38.5 Å². The van der Waals surface area contributed by atoms with Crippen molar-refractivity contribution in [1.29, 1.82) is 0 Å². The third-order valence-electron chi connectivity index (χ3n) is 5.48. The topological polar surface area (TPSA) is 38.8 Å². The first kappa shape index (κ1) is 16.3. The summed E-state index contributed by atoms with van der Waals surface area (Å²) in [5, 5.41) is 0. The SMILES string of the molecule is COc1ccc(C(C)(C)C(=O)N2CCC3(CCCOC3)C2)cc1. The van der Waals surface area contributed by atoms with Crippen molar-refractivity contribution >= 4 is 5.91 Å². The molecule has 2 saturated heterocycles. The number of nitrogens with zero attached hydrogens (tertiary/aromatic N) is 1. The number of benzene rings is 1. The van der Waals surface area contributed by atoms with Crippen molar-refractivity contribution in [1.82, 2.24) is 4.90 Å². The molecule has 2 fully saturated rings. The maximum absolute atomic E-state index is 13.1. The lowest BCUT2D eigenvalue weighted by Crippen LogP contribution is -2.44. The Morgan fingerprint density at radius 3 is 2.61 bits per heavy atom. The van der Waals surface area contributed by atoms with E-state index in [9.17, 15) is 4.79 Å². The molecule has 2 heterocycles. The molecule has 3 rings (SSSR count). The molecule has 1 amide bonds. The average molecular weight is 317 g/mol. The van der Waals surface area contributed by atoms with Crippen molar-refractivity contribution < 1.29 is 14.3 Å². The molecule has 1 aromatic rings. The number of carbonyl (C=O) groups excluding carboxylic acids is 1. The van der Waals surface area contributed by atoms with Crippen LogP contribution in [0.15, 0.2) is 24.3 Å². The summed E-state index contributed by atoms with van der Waals surface area (Å²) in [6, 6.07) is 7.83. The molecule has 0 radical (unpaired) electrons. The van der Waals surface area contributed by atoms with E-state index in [1.807, 2.05) is 43.0 Å². The minimum absolute atomic E-state index is 0.198. The molecule has 2 aliphatic rings. The van der Waals surface area contributed by atoms with Crippen molar-refractivity contribution in [3.63, 3.8) is 0 Å². The number of methoxy groups -OCH3 is 1. The third-order valence-corrected chi connectivity index (χ3v) is 5.48. The van der Waals surface area contributed by atoms with Gasteiger partial charge in [0.25, 0.3) is 0 Å². The van der Waals surface area contributed by atoms with Gasteiger partial charge in [-0.25, -0.2) is 0 Å². The molecule has 1 unspecified atom stereocenters. The van der Waals surface area contributed by atoms with E-state index in [0.717, 1.165) is 50.5 Å². The van der Waals surface area contributed by atoms with Crippen molar-refractivity contribution in [2.75, 3.05) is 33.4 Å². The zero-order valence-corrected chi connectivity index (χ0v) is 14.4. The Bertz CT molecular complexity index is 558. The van der Waals surface area contributed by atoms with E-state index in [0.29, 0.717) is 0 Å². The average Bonchev–Trinajstić information content (AvgIpc) is 2.98. The van der Waals surface area contributed by atoms with Gasteiger partial charge in [0, 0.05) is 25.1 Å². The maximum Gasteiger partial charge on any atom is 0.232 e. The van der Waals surface area contributed by atoms with Crippen LogP contribution in [-0.2, 0) is 14.9 Å². The summed E-state index contributed by atoms with van der Waals surface area (Å²) in [4.78, 5) is 15.1. The van der Waals surface area contributed by atoms with Crippen LogP contribution in [0.4, 0.5) is 0 Å². The van der Waals surface area contributed by atoms with Crippen LogP contribution in [0.2, 0.25) is 0 Å². The molecule has 0 N–H and O–H groups in total. The lowest BCUT2D eigenvalue weighted by molar-refractivity contribution is -0.136. The van der Waals surface area contributed by atoms with Gasteiger partial charge in [0.2, 0.25) is 5.91 Å². The summed E-state index contributed by atoms with van der Waals surface area (Å²) < 4.78 is 10.9. The molecule has 0 saturated carbocycles. The second-order valence-corrected chi connectivity index (χ2v) is 7.49. The fourth-order valence-electron chi connectivity index (χ4n) is 3.87. The fraction of sp³-hybridized carbons (Fsp3) is 0.632. The largest absolute Gasteiger partial charge is 0.497 e. The lowest BCUT2D eigenvalue weighted by Gasteiger charge is -2.35. The van der Waals surface area contributed by atoms with E-state index in [1.54, 1.807) is 7.11 Å². The van der Waals surface area contributed by atoms with Gasteiger partial charge in [0.05, 0.1) is 19.1 Å². The summed E-state index contributed by atoms with van der Waals surface area (Å²) in [6.45, 7) is 7.39. The van der Waals surface area contributed by atoms with Crippen LogP contribution in [0, 0.1) is 5.41 Å². The van der Waals surface area contributed by atoms with Crippen LogP contribution < -0.4 is 4.74 Å². The number of ether oxygens (including phenoxy) is 2. The van der Waals surface area contributed by atoms with Gasteiger partial charge in [-0.05, 0) is 50.8 Å². The van der Waals surface area contributed by atoms with Gasteiger partial charge in [-0.15, -0.1) is 0 Å². The van der Waals surface area contributed by atoms with Gasteiger partial charge in [-0.2, -0.15) is 0 Å². The van der Waals surface area contributed by atoms with Crippen molar-refractivity contribution in [2.24, 2.45) is 5.41 Å². The first-order valence-corrected chi connectivity index (χ1v) is 8.49. The normalized spacial score (nSPS) is 24.9. The highest BCUT2D eigenvalue weighted by molar-refractivity contribution is 5.87. The Hall–Kier alpha value is -1.55. The van der Waals surface area contributed by atoms with Crippen LogP contribution in [-0.4, -0.2) is 44.2 Å². The number of carbonyl (C=O) groups is 1. The highest BCUT2D eigenvalue weighted by atomic mass is 16.5. The van der Waals surface area contributed by atoms with Gasteiger partial charge >= 0.3 is 0 Å². The summed E-state index contributed by atoms with van der Waals surface area (Å²) in [6.07, 6.45) is 3.36. The van der Waals surface area contributed by atoms with Crippen LogP contribution in [0.5, 0.6) is 5.75 Å². The van der Waals surface area contributed by atoms with Gasteiger partial charge < -0.3 is 14.4 Å². The van der Waals surface area contributed by atoms with Crippen LogP contribution >= 0.6 is 0 Å². The number of hydrogen-bond acceptors (Lipinski definition) is 3. The predicted octanol–water partition coefficient (Wildman–Crippen LogP) is 3.00. The minimum Gasteiger partial charge on any atom is -0.497 e. The lowest BCUT2D eigenvalue weighted by atomic mass is 9.81. The molecule has 4 heteroatoms. The predicted molar refractivity (Wildman–Crippen MR) is 89.7 cm³/mol. The third kappa shape index (κ3) is 3.09. The molecule has 1 aromatic carbocycles. The Morgan fingerprint density at radius 2 is 2.00 bits per heavy atom. The van der Waals surface area contributed by atoms with Gasteiger partial charge in [-0.3, -0.25) is 4.79 Å².